The van der Waals surface area contributed by atoms with Crippen LogP contribution in [0.2, 0.25) is 0 Å². The lowest BCUT2D eigenvalue weighted by atomic mass is 9.71. The molecule has 6 rings (SSSR count). The number of aromatic hydroxyl groups is 1. The Hall–Kier alpha value is -3.72. The van der Waals surface area contributed by atoms with Crippen LogP contribution in [-0.2, 0) is 12.8 Å². The van der Waals surface area contributed by atoms with E-state index in [1.165, 1.54) is 6.92 Å². The topological polar surface area (TPSA) is 102 Å². The Labute approximate surface area is 237 Å². The van der Waals surface area contributed by atoms with Crippen molar-refractivity contribution in [2.75, 3.05) is 20.4 Å². The van der Waals surface area contributed by atoms with Gasteiger partial charge in [0.2, 0.25) is 6.79 Å². The Bertz CT molecular complexity index is 1440. The van der Waals surface area contributed by atoms with E-state index in [-0.39, 0.29) is 37.0 Å². The standard InChI is InChI=1S/C30H35N3O4.C2H3N/c1-7-9-35-28-17(5)29-30(37-14-36-29)25-19(28)12-22-26-24-18(10-15(3)16(4)27(24)34)11-21(32(26)6)23(13-31)33(22)20(25)8-2;1-2-3/h7,10,20-23,26,34H,1,8-9,11-12,14H2,2-6H3;1H3/t20-,21-,22?,23?,26-;/m0./s1. The van der Waals surface area contributed by atoms with Crippen molar-refractivity contribution >= 4 is 0 Å². The van der Waals surface area contributed by atoms with Crippen molar-refractivity contribution in [3.8, 4) is 35.1 Å². The average Bonchev–Trinajstić information content (AvgIpc) is 3.42. The third kappa shape index (κ3) is 3.93. The van der Waals surface area contributed by atoms with Crippen LogP contribution in [0.4, 0.5) is 0 Å². The van der Waals surface area contributed by atoms with Gasteiger partial charge in [-0.05, 0) is 63.8 Å². The number of nitriles is 2. The first-order chi connectivity index (χ1) is 19.2. The van der Waals surface area contributed by atoms with Crippen molar-refractivity contribution in [1.82, 2.24) is 9.80 Å². The molecule has 2 unspecified atom stereocenters. The number of rotatable bonds is 4. The number of hydrogen-bond acceptors (Lipinski definition) is 8. The Kier molecular flexibility index (Phi) is 7.44. The minimum absolute atomic E-state index is 0.0127. The molecule has 2 bridgehead atoms. The van der Waals surface area contributed by atoms with Gasteiger partial charge in [0.15, 0.2) is 11.5 Å². The molecule has 1 N–H and O–H groups in total. The van der Waals surface area contributed by atoms with Crippen molar-refractivity contribution in [3.05, 3.63) is 57.7 Å². The van der Waals surface area contributed by atoms with E-state index in [0.29, 0.717) is 18.8 Å². The summed E-state index contributed by atoms with van der Waals surface area (Å²) in [5.41, 5.74) is 7.34. The van der Waals surface area contributed by atoms with E-state index in [1.807, 2.05) is 13.8 Å². The van der Waals surface area contributed by atoms with Crippen molar-refractivity contribution in [3.63, 3.8) is 0 Å². The van der Waals surface area contributed by atoms with E-state index >= 15 is 0 Å². The Morgan fingerprint density at radius 2 is 1.82 bits per heavy atom. The highest BCUT2D eigenvalue weighted by atomic mass is 16.7. The highest BCUT2D eigenvalue weighted by Crippen LogP contribution is 2.58. The third-order valence-corrected chi connectivity index (χ3v) is 9.17. The lowest BCUT2D eigenvalue weighted by molar-refractivity contribution is -0.0736. The van der Waals surface area contributed by atoms with E-state index in [9.17, 15) is 10.4 Å². The highest BCUT2D eigenvalue weighted by Gasteiger charge is 2.56. The number of phenols is 1. The molecule has 0 aliphatic carbocycles. The summed E-state index contributed by atoms with van der Waals surface area (Å²) in [4.78, 5) is 4.76. The maximum atomic E-state index is 11.4. The van der Waals surface area contributed by atoms with Crippen LogP contribution < -0.4 is 14.2 Å². The summed E-state index contributed by atoms with van der Waals surface area (Å²) in [6.45, 7) is 14.1. The van der Waals surface area contributed by atoms with Crippen LogP contribution in [-0.4, -0.2) is 53.5 Å². The van der Waals surface area contributed by atoms with Gasteiger partial charge in [-0.25, -0.2) is 0 Å². The Morgan fingerprint density at radius 1 is 1.12 bits per heavy atom. The van der Waals surface area contributed by atoms with Gasteiger partial charge in [-0.2, -0.15) is 10.5 Å². The van der Waals surface area contributed by atoms with Gasteiger partial charge in [0.1, 0.15) is 24.1 Å². The predicted octanol–water partition coefficient (Wildman–Crippen LogP) is 5.32. The van der Waals surface area contributed by atoms with E-state index in [4.69, 9.17) is 19.5 Å². The zero-order chi connectivity index (χ0) is 28.9. The summed E-state index contributed by atoms with van der Waals surface area (Å²) >= 11 is 0. The maximum absolute atomic E-state index is 11.4. The van der Waals surface area contributed by atoms with Crippen LogP contribution in [0.25, 0.3) is 0 Å². The van der Waals surface area contributed by atoms with Crippen LogP contribution in [0.3, 0.4) is 0 Å². The monoisotopic (exact) mass is 542 g/mol. The number of nitrogens with zero attached hydrogens (tertiary/aromatic N) is 4. The lowest BCUT2D eigenvalue weighted by Crippen LogP contribution is -2.68. The Balaban J connectivity index is 0.00000103. The molecule has 4 aliphatic heterocycles. The number of ether oxygens (including phenoxy) is 3. The fraction of sp³-hybridized carbons (Fsp3) is 0.500. The average molecular weight is 543 g/mol. The lowest BCUT2D eigenvalue weighted by Gasteiger charge is -2.60. The summed E-state index contributed by atoms with van der Waals surface area (Å²) in [6.07, 6.45) is 3.99. The zero-order valence-corrected chi connectivity index (χ0v) is 24.2. The molecule has 0 aromatic heterocycles. The van der Waals surface area contributed by atoms with Gasteiger partial charge in [0, 0.05) is 47.3 Å². The molecule has 0 radical (unpaired) electrons. The number of piperazine rings is 1. The van der Waals surface area contributed by atoms with Gasteiger partial charge in [-0.15, -0.1) is 0 Å². The molecular formula is C32H38N4O4. The molecule has 1 saturated heterocycles. The fourth-order valence-corrected chi connectivity index (χ4v) is 7.44. The first-order valence-corrected chi connectivity index (χ1v) is 14.0. The molecule has 0 saturated carbocycles. The summed E-state index contributed by atoms with van der Waals surface area (Å²) < 4.78 is 18.3. The van der Waals surface area contributed by atoms with Crippen molar-refractivity contribution < 1.29 is 19.3 Å². The van der Waals surface area contributed by atoms with Gasteiger partial charge in [-0.1, -0.05) is 25.6 Å². The smallest absolute Gasteiger partial charge is 0.231 e. The third-order valence-electron chi connectivity index (χ3n) is 9.17. The first-order valence-electron chi connectivity index (χ1n) is 14.0. The van der Waals surface area contributed by atoms with Crippen molar-refractivity contribution in [2.24, 2.45) is 0 Å². The van der Waals surface area contributed by atoms with E-state index in [2.05, 4.69) is 49.4 Å². The zero-order valence-electron chi connectivity index (χ0n) is 24.2. The van der Waals surface area contributed by atoms with E-state index in [0.717, 1.165) is 69.0 Å². The molecule has 4 heterocycles. The minimum atomic E-state index is -0.293. The minimum Gasteiger partial charge on any atom is -0.507 e. The molecule has 0 spiro atoms. The van der Waals surface area contributed by atoms with Crippen LogP contribution in [0.15, 0.2) is 18.7 Å². The number of phenolic OH excluding ortho intramolecular Hbond substituents is 1. The molecule has 2 aromatic rings. The van der Waals surface area contributed by atoms with Crippen molar-refractivity contribution in [2.45, 2.75) is 84.1 Å². The van der Waals surface area contributed by atoms with Crippen LogP contribution >= 0.6 is 0 Å². The molecule has 2 aromatic carbocycles. The largest absolute Gasteiger partial charge is 0.507 e. The first kappa shape index (κ1) is 27.8. The SMILES string of the molecule is C=CCOc1c(C)c2c(c3c1CC1[C@H]4c5c(cc(C)c(C)c5O)C[C@@H](C(C#N)N1[C@H]3CC)N4C)OCO2.CC#N. The molecule has 8 nitrogen and oxygen atoms in total. The van der Waals surface area contributed by atoms with Gasteiger partial charge in [0.05, 0.1) is 18.2 Å². The number of aryl methyl sites for hydroxylation is 1. The summed E-state index contributed by atoms with van der Waals surface area (Å²) in [6, 6.07) is 6.31. The summed E-state index contributed by atoms with van der Waals surface area (Å²) in [5, 5.41) is 29.3. The van der Waals surface area contributed by atoms with Gasteiger partial charge < -0.3 is 19.3 Å². The molecule has 40 heavy (non-hydrogen) atoms. The second kappa shape index (κ2) is 10.7. The van der Waals surface area contributed by atoms with E-state index < -0.39 is 0 Å². The van der Waals surface area contributed by atoms with Crippen LogP contribution in [0.1, 0.15) is 71.3 Å². The molecular weight excluding hydrogens is 504 g/mol. The van der Waals surface area contributed by atoms with Crippen LogP contribution in [0, 0.1) is 43.4 Å². The number of hydrogen-bond donors (Lipinski definition) is 1. The van der Waals surface area contributed by atoms with Crippen LogP contribution in [0.5, 0.6) is 23.0 Å². The molecule has 0 amide bonds. The second-order valence-electron chi connectivity index (χ2n) is 11.1. The second-order valence-corrected chi connectivity index (χ2v) is 11.1. The molecule has 4 aliphatic rings. The molecule has 5 atom stereocenters. The number of benzene rings is 2. The van der Waals surface area contributed by atoms with Gasteiger partial charge in [0.25, 0.3) is 0 Å². The predicted molar refractivity (Wildman–Crippen MR) is 152 cm³/mol. The molecule has 8 heteroatoms. The normalized spacial score (nSPS) is 25.8. The summed E-state index contributed by atoms with van der Waals surface area (Å²) in [5.74, 6) is 2.76. The highest BCUT2D eigenvalue weighted by molar-refractivity contribution is 5.66. The summed E-state index contributed by atoms with van der Waals surface area (Å²) in [7, 11) is 2.12. The van der Waals surface area contributed by atoms with Gasteiger partial charge in [-0.3, -0.25) is 9.80 Å². The van der Waals surface area contributed by atoms with Gasteiger partial charge >= 0.3 is 0 Å². The number of likely N-dealkylation sites (N-methyl/N-ethyl adjacent to an activating group) is 1. The molecule has 210 valence electrons. The fourth-order valence-electron chi connectivity index (χ4n) is 7.44. The Morgan fingerprint density at radius 3 is 2.48 bits per heavy atom. The van der Waals surface area contributed by atoms with E-state index in [1.54, 1.807) is 12.1 Å². The quantitative estimate of drug-likeness (QED) is 0.518. The van der Waals surface area contributed by atoms with Crippen molar-refractivity contribution in [1.29, 1.82) is 10.5 Å². The number of fused-ring (bicyclic) bond motifs is 9. The molecule has 1 fully saturated rings. The maximum Gasteiger partial charge on any atom is 0.231 e.